The zero-order chi connectivity index (χ0) is 13.8. The second kappa shape index (κ2) is 5.71. The Bertz CT molecular complexity index is 647. The molecule has 0 radical (unpaired) electrons. The molecule has 0 fully saturated rings. The van der Waals surface area contributed by atoms with Crippen molar-refractivity contribution in [3.8, 4) is 0 Å². The molecule has 1 aromatic heterocycles. The molecule has 1 heterocycles. The summed E-state index contributed by atoms with van der Waals surface area (Å²) >= 11 is 5.78. The highest BCUT2D eigenvalue weighted by Gasteiger charge is 2.12. The van der Waals surface area contributed by atoms with E-state index in [0.29, 0.717) is 17.1 Å². The minimum atomic E-state index is -0.381. The summed E-state index contributed by atoms with van der Waals surface area (Å²) in [5.41, 5.74) is 1.34. The molecule has 2 aromatic rings. The maximum absolute atomic E-state index is 12.0. The topological polar surface area (TPSA) is 62.0 Å². The van der Waals surface area contributed by atoms with Crippen LogP contribution in [0.25, 0.3) is 0 Å². The number of carbonyl (C=O) groups excluding carboxylic acids is 1. The van der Waals surface area contributed by atoms with Gasteiger partial charge in [-0.15, -0.1) is 0 Å². The van der Waals surface area contributed by atoms with Crippen LogP contribution in [-0.4, -0.2) is 10.9 Å². The molecule has 0 saturated carbocycles. The van der Waals surface area contributed by atoms with Gasteiger partial charge in [-0.25, -0.2) is 0 Å². The third-order valence-corrected chi connectivity index (χ3v) is 3.01. The van der Waals surface area contributed by atoms with E-state index in [0.717, 1.165) is 5.56 Å². The first-order chi connectivity index (χ1) is 9.08. The molecule has 0 atom stereocenters. The van der Waals surface area contributed by atoms with Gasteiger partial charge in [0.1, 0.15) is 5.56 Å². The molecule has 19 heavy (non-hydrogen) atoms. The Kier molecular flexibility index (Phi) is 4.02. The standard InChI is InChI=1S/C14H13ClN2O2/c1-9-6-7-16-13(18)12(9)14(19)17-8-10-2-4-11(15)5-3-10/h2-7H,8H2,1H3,(H,16,18)(H,17,19). The van der Waals surface area contributed by atoms with Crippen molar-refractivity contribution < 1.29 is 4.79 Å². The Hall–Kier alpha value is -2.07. The van der Waals surface area contributed by atoms with Crippen LogP contribution in [0.4, 0.5) is 0 Å². The smallest absolute Gasteiger partial charge is 0.261 e. The number of aromatic nitrogens is 1. The largest absolute Gasteiger partial charge is 0.348 e. The minimum absolute atomic E-state index is 0.150. The fourth-order valence-corrected chi connectivity index (χ4v) is 1.86. The highest BCUT2D eigenvalue weighted by atomic mass is 35.5. The quantitative estimate of drug-likeness (QED) is 0.903. The summed E-state index contributed by atoms with van der Waals surface area (Å²) in [4.78, 5) is 26.1. The predicted molar refractivity (Wildman–Crippen MR) is 74.4 cm³/mol. The zero-order valence-corrected chi connectivity index (χ0v) is 11.1. The highest BCUT2D eigenvalue weighted by Crippen LogP contribution is 2.09. The Morgan fingerprint density at radius 1 is 1.26 bits per heavy atom. The molecule has 2 rings (SSSR count). The average molecular weight is 277 g/mol. The van der Waals surface area contributed by atoms with Crippen LogP contribution in [0, 0.1) is 6.92 Å². The normalized spacial score (nSPS) is 10.2. The number of amides is 1. The number of aromatic amines is 1. The molecule has 0 unspecified atom stereocenters. The first-order valence-corrected chi connectivity index (χ1v) is 6.16. The van der Waals surface area contributed by atoms with Gasteiger partial charge in [0.25, 0.3) is 11.5 Å². The lowest BCUT2D eigenvalue weighted by Gasteiger charge is -2.06. The average Bonchev–Trinajstić information content (AvgIpc) is 2.38. The summed E-state index contributed by atoms with van der Waals surface area (Å²) < 4.78 is 0. The van der Waals surface area contributed by atoms with Crippen LogP contribution in [-0.2, 0) is 6.54 Å². The van der Waals surface area contributed by atoms with E-state index in [1.807, 2.05) is 12.1 Å². The van der Waals surface area contributed by atoms with Gasteiger partial charge in [0.15, 0.2) is 0 Å². The number of halogens is 1. The number of hydrogen-bond acceptors (Lipinski definition) is 2. The fraction of sp³-hybridized carbons (Fsp3) is 0.143. The van der Waals surface area contributed by atoms with E-state index in [-0.39, 0.29) is 17.0 Å². The number of nitrogens with one attached hydrogen (secondary N) is 2. The summed E-state index contributed by atoms with van der Waals surface area (Å²) in [5, 5.41) is 3.36. The zero-order valence-electron chi connectivity index (χ0n) is 10.4. The third-order valence-electron chi connectivity index (χ3n) is 2.76. The molecule has 0 aliphatic rings. The van der Waals surface area contributed by atoms with E-state index in [4.69, 9.17) is 11.6 Å². The Morgan fingerprint density at radius 2 is 1.95 bits per heavy atom. The predicted octanol–water partition coefficient (Wildman–Crippen LogP) is 2.27. The lowest BCUT2D eigenvalue weighted by Crippen LogP contribution is -2.30. The van der Waals surface area contributed by atoms with Crippen molar-refractivity contribution in [1.82, 2.24) is 10.3 Å². The van der Waals surface area contributed by atoms with Gasteiger partial charge >= 0.3 is 0 Å². The second-order valence-corrected chi connectivity index (χ2v) is 4.61. The molecule has 1 aromatic carbocycles. The van der Waals surface area contributed by atoms with Gasteiger partial charge in [0, 0.05) is 17.8 Å². The van der Waals surface area contributed by atoms with E-state index in [1.165, 1.54) is 6.20 Å². The number of aryl methyl sites for hydroxylation is 1. The molecule has 0 spiro atoms. The lowest BCUT2D eigenvalue weighted by atomic mass is 10.1. The molecule has 0 bridgehead atoms. The van der Waals surface area contributed by atoms with Crippen LogP contribution < -0.4 is 10.9 Å². The van der Waals surface area contributed by atoms with Crippen molar-refractivity contribution in [2.45, 2.75) is 13.5 Å². The van der Waals surface area contributed by atoms with Crippen LogP contribution in [0.1, 0.15) is 21.5 Å². The van der Waals surface area contributed by atoms with E-state index >= 15 is 0 Å². The van der Waals surface area contributed by atoms with E-state index in [2.05, 4.69) is 10.3 Å². The van der Waals surface area contributed by atoms with E-state index < -0.39 is 0 Å². The molecule has 98 valence electrons. The highest BCUT2D eigenvalue weighted by molar-refractivity contribution is 6.30. The Morgan fingerprint density at radius 3 is 2.58 bits per heavy atom. The van der Waals surface area contributed by atoms with Gasteiger partial charge in [-0.05, 0) is 36.2 Å². The van der Waals surface area contributed by atoms with Gasteiger partial charge in [-0.2, -0.15) is 0 Å². The van der Waals surface area contributed by atoms with Gasteiger partial charge in [0.05, 0.1) is 0 Å². The molecular formula is C14H13ClN2O2. The summed E-state index contributed by atoms with van der Waals surface area (Å²) in [6.45, 7) is 2.08. The van der Waals surface area contributed by atoms with Crippen molar-refractivity contribution in [3.05, 3.63) is 68.6 Å². The molecule has 0 aliphatic carbocycles. The molecule has 0 saturated heterocycles. The lowest BCUT2D eigenvalue weighted by molar-refractivity contribution is 0.0948. The maximum atomic E-state index is 12.0. The van der Waals surface area contributed by atoms with Gasteiger partial charge in [-0.1, -0.05) is 23.7 Å². The Balaban J connectivity index is 2.10. The first kappa shape index (κ1) is 13.4. The van der Waals surface area contributed by atoms with Crippen LogP contribution >= 0.6 is 11.6 Å². The van der Waals surface area contributed by atoms with Crippen molar-refractivity contribution in [1.29, 1.82) is 0 Å². The number of pyridine rings is 1. The van der Waals surface area contributed by atoms with Crippen molar-refractivity contribution >= 4 is 17.5 Å². The van der Waals surface area contributed by atoms with Crippen LogP contribution in [0.2, 0.25) is 5.02 Å². The summed E-state index contributed by atoms with van der Waals surface area (Å²) in [7, 11) is 0. The minimum Gasteiger partial charge on any atom is -0.348 e. The number of rotatable bonds is 3. The van der Waals surface area contributed by atoms with Crippen LogP contribution in [0.5, 0.6) is 0 Å². The second-order valence-electron chi connectivity index (χ2n) is 4.17. The van der Waals surface area contributed by atoms with E-state index in [9.17, 15) is 9.59 Å². The van der Waals surface area contributed by atoms with Crippen LogP contribution in [0.15, 0.2) is 41.3 Å². The number of benzene rings is 1. The SMILES string of the molecule is Cc1cc[nH]c(=O)c1C(=O)NCc1ccc(Cl)cc1. The molecule has 4 nitrogen and oxygen atoms in total. The van der Waals surface area contributed by atoms with Gasteiger partial charge in [-0.3, -0.25) is 9.59 Å². The fourth-order valence-electron chi connectivity index (χ4n) is 1.73. The molecular weight excluding hydrogens is 264 g/mol. The molecule has 5 heteroatoms. The van der Waals surface area contributed by atoms with Crippen molar-refractivity contribution in [2.24, 2.45) is 0 Å². The van der Waals surface area contributed by atoms with Crippen molar-refractivity contribution in [3.63, 3.8) is 0 Å². The maximum Gasteiger partial charge on any atom is 0.261 e. The molecule has 2 N–H and O–H groups in total. The van der Waals surface area contributed by atoms with Crippen molar-refractivity contribution in [2.75, 3.05) is 0 Å². The first-order valence-electron chi connectivity index (χ1n) is 5.79. The summed E-state index contributed by atoms with van der Waals surface area (Å²) in [5.74, 6) is -0.380. The Labute approximate surface area is 115 Å². The van der Waals surface area contributed by atoms with Gasteiger partial charge in [0.2, 0.25) is 0 Å². The molecule has 1 amide bonds. The number of carbonyl (C=O) groups is 1. The number of hydrogen-bond donors (Lipinski definition) is 2. The van der Waals surface area contributed by atoms with E-state index in [1.54, 1.807) is 25.1 Å². The number of H-pyrrole nitrogens is 1. The molecule has 0 aliphatic heterocycles. The van der Waals surface area contributed by atoms with Crippen LogP contribution in [0.3, 0.4) is 0 Å². The third kappa shape index (κ3) is 3.23. The summed E-state index contributed by atoms with van der Waals surface area (Å²) in [6.07, 6.45) is 1.52. The summed E-state index contributed by atoms with van der Waals surface area (Å²) in [6, 6.07) is 8.85. The monoisotopic (exact) mass is 276 g/mol. The van der Waals surface area contributed by atoms with Gasteiger partial charge < -0.3 is 10.3 Å².